The first-order valence-corrected chi connectivity index (χ1v) is 8.35. The molecule has 2 N–H and O–H groups in total. The Balaban J connectivity index is 0.00000312. The molecule has 1 atom stereocenters. The molecule has 0 radical (unpaired) electrons. The van der Waals surface area contributed by atoms with Gasteiger partial charge in [0.15, 0.2) is 0 Å². The molecule has 2 aromatic rings. The van der Waals surface area contributed by atoms with Crippen molar-refractivity contribution in [1.29, 1.82) is 0 Å². The molecule has 25 heavy (non-hydrogen) atoms. The number of rotatable bonds is 8. The lowest BCUT2D eigenvalue weighted by Crippen LogP contribution is -2.37. The van der Waals surface area contributed by atoms with E-state index in [1.807, 2.05) is 62.5 Å². The Morgan fingerprint density at radius 2 is 1.96 bits per heavy atom. The van der Waals surface area contributed by atoms with Crippen LogP contribution in [0.1, 0.15) is 18.1 Å². The third kappa shape index (κ3) is 7.34. The Morgan fingerprint density at radius 1 is 1.20 bits per heavy atom. The number of carbonyl (C=O) groups is 1. The molecule has 0 bridgehead atoms. The van der Waals surface area contributed by atoms with Crippen LogP contribution in [-0.4, -0.2) is 25.5 Å². The highest BCUT2D eigenvalue weighted by Crippen LogP contribution is 2.19. The molecule has 0 aliphatic rings. The van der Waals surface area contributed by atoms with Crippen LogP contribution in [0.15, 0.2) is 48.5 Å². The van der Waals surface area contributed by atoms with Gasteiger partial charge < -0.3 is 15.4 Å². The van der Waals surface area contributed by atoms with Gasteiger partial charge in [-0.05, 0) is 37.7 Å². The van der Waals surface area contributed by atoms with Crippen LogP contribution in [-0.2, 0) is 17.8 Å². The van der Waals surface area contributed by atoms with Crippen molar-refractivity contribution >= 4 is 29.9 Å². The van der Waals surface area contributed by atoms with Gasteiger partial charge in [0, 0.05) is 23.2 Å². The molecule has 0 heterocycles. The zero-order valence-corrected chi connectivity index (χ0v) is 16.0. The fourth-order valence-corrected chi connectivity index (χ4v) is 2.33. The SMILES string of the molecule is CNC(C)CNC(=O)Cc1cccc(OCc2ccccc2Cl)c1.Cl. The van der Waals surface area contributed by atoms with Crippen LogP contribution >= 0.6 is 24.0 Å². The third-order valence-electron chi connectivity index (χ3n) is 3.71. The van der Waals surface area contributed by atoms with Crippen molar-refractivity contribution in [2.24, 2.45) is 0 Å². The first-order chi connectivity index (χ1) is 11.6. The van der Waals surface area contributed by atoms with Gasteiger partial charge in [0.2, 0.25) is 5.91 Å². The van der Waals surface area contributed by atoms with E-state index in [1.54, 1.807) is 0 Å². The van der Waals surface area contributed by atoms with Gasteiger partial charge in [-0.25, -0.2) is 0 Å². The number of ether oxygens (including phenoxy) is 1. The predicted octanol–water partition coefficient (Wildman–Crippen LogP) is 3.61. The molecule has 0 spiro atoms. The first kappa shape index (κ1) is 21.3. The summed E-state index contributed by atoms with van der Waals surface area (Å²) in [7, 11) is 1.87. The lowest BCUT2D eigenvalue weighted by molar-refractivity contribution is -0.120. The number of carbonyl (C=O) groups excluding carboxylic acids is 1. The molecule has 0 saturated heterocycles. The maximum atomic E-state index is 12.0. The van der Waals surface area contributed by atoms with Gasteiger partial charge in [0.25, 0.3) is 0 Å². The minimum atomic E-state index is 0. The van der Waals surface area contributed by atoms with E-state index in [-0.39, 0.29) is 24.4 Å². The molecule has 1 unspecified atom stereocenters. The Kier molecular flexibility index (Phi) is 9.35. The van der Waals surface area contributed by atoms with Crippen LogP contribution in [0.5, 0.6) is 5.75 Å². The summed E-state index contributed by atoms with van der Waals surface area (Å²) in [5.41, 5.74) is 1.85. The fourth-order valence-electron chi connectivity index (χ4n) is 2.14. The monoisotopic (exact) mass is 382 g/mol. The Morgan fingerprint density at radius 3 is 2.68 bits per heavy atom. The van der Waals surface area contributed by atoms with Crippen molar-refractivity contribution in [2.75, 3.05) is 13.6 Å². The highest BCUT2D eigenvalue weighted by atomic mass is 35.5. The molecular weight excluding hydrogens is 359 g/mol. The van der Waals surface area contributed by atoms with Crippen LogP contribution in [0.25, 0.3) is 0 Å². The molecule has 0 saturated carbocycles. The number of hydrogen-bond donors (Lipinski definition) is 2. The van der Waals surface area contributed by atoms with Gasteiger partial charge in [-0.2, -0.15) is 0 Å². The molecule has 6 heteroatoms. The molecule has 2 aromatic carbocycles. The molecule has 0 aromatic heterocycles. The van der Waals surface area contributed by atoms with E-state index in [2.05, 4.69) is 10.6 Å². The summed E-state index contributed by atoms with van der Waals surface area (Å²) in [6, 6.07) is 15.4. The lowest BCUT2D eigenvalue weighted by atomic mass is 10.1. The van der Waals surface area contributed by atoms with Crippen molar-refractivity contribution in [2.45, 2.75) is 26.0 Å². The molecule has 136 valence electrons. The number of hydrogen-bond acceptors (Lipinski definition) is 3. The summed E-state index contributed by atoms with van der Waals surface area (Å²) >= 11 is 6.12. The van der Waals surface area contributed by atoms with Gasteiger partial charge in [-0.3, -0.25) is 4.79 Å². The van der Waals surface area contributed by atoms with Gasteiger partial charge >= 0.3 is 0 Å². The van der Waals surface area contributed by atoms with E-state index in [9.17, 15) is 4.79 Å². The highest BCUT2D eigenvalue weighted by molar-refractivity contribution is 6.31. The molecule has 2 rings (SSSR count). The highest BCUT2D eigenvalue weighted by Gasteiger charge is 2.07. The van der Waals surface area contributed by atoms with E-state index in [1.165, 1.54) is 0 Å². The largest absolute Gasteiger partial charge is 0.489 e. The molecular formula is C19H24Cl2N2O2. The van der Waals surface area contributed by atoms with Crippen LogP contribution in [0.2, 0.25) is 5.02 Å². The third-order valence-corrected chi connectivity index (χ3v) is 4.08. The zero-order chi connectivity index (χ0) is 17.4. The number of benzene rings is 2. The van der Waals surface area contributed by atoms with Crippen LogP contribution in [0.3, 0.4) is 0 Å². The van der Waals surface area contributed by atoms with Gasteiger partial charge in [0.1, 0.15) is 12.4 Å². The van der Waals surface area contributed by atoms with E-state index >= 15 is 0 Å². The fraction of sp³-hybridized carbons (Fsp3) is 0.316. The van der Waals surface area contributed by atoms with Gasteiger partial charge in [0.05, 0.1) is 6.42 Å². The van der Waals surface area contributed by atoms with Crippen molar-refractivity contribution in [1.82, 2.24) is 10.6 Å². The molecule has 4 nitrogen and oxygen atoms in total. The topological polar surface area (TPSA) is 50.4 Å². The van der Waals surface area contributed by atoms with Crippen LogP contribution in [0.4, 0.5) is 0 Å². The predicted molar refractivity (Wildman–Crippen MR) is 105 cm³/mol. The molecule has 0 aliphatic carbocycles. The summed E-state index contributed by atoms with van der Waals surface area (Å²) in [5.74, 6) is 0.726. The maximum Gasteiger partial charge on any atom is 0.224 e. The average Bonchev–Trinajstić information content (AvgIpc) is 2.59. The average molecular weight is 383 g/mol. The quantitative estimate of drug-likeness (QED) is 0.732. The van der Waals surface area contributed by atoms with Crippen molar-refractivity contribution in [3.63, 3.8) is 0 Å². The van der Waals surface area contributed by atoms with Crippen LogP contribution in [0, 0.1) is 0 Å². The number of nitrogens with one attached hydrogen (secondary N) is 2. The smallest absolute Gasteiger partial charge is 0.224 e. The number of halogens is 2. The maximum absolute atomic E-state index is 12.0. The second-order valence-electron chi connectivity index (χ2n) is 5.70. The van der Waals surface area contributed by atoms with Crippen molar-refractivity contribution < 1.29 is 9.53 Å². The summed E-state index contributed by atoms with van der Waals surface area (Å²) in [6.45, 7) is 3.02. The Bertz CT molecular complexity index is 680. The lowest BCUT2D eigenvalue weighted by Gasteiger charge is -2.12. The summed E-state index contributed by atoms with van der Waals surface area (Å²) in [4.78, 5) is 12.0. The first-order valence-electron chi connectivity index (χ1n) is 7.97. The van der Waals surface area contributed by atoms with Crippen molar-refractivity contribution in [3.8, 4) is 5.75 Å². The van der Waals surface area contributed by atoms with E-state index < -0.39 is 0 Å². The molecule has 0 aliphatic heterocycles. The normalized spacial score (nSPS) is 11.3. The summed E-state index contributed by atoms with van der Waals surface area (Å²) in [5, 5.41) is 6.68. The Labute approximate surface area is 160 Å². The minimum absolute atomic E-state index is 0. The summed E-state index contributed by atoms with van der Waals surface area (Å²) < 4.78 is 5.78. The van der Waals surface area contributed by atoms with E-state index in [4.69, 9.17) is 16.3 Å². The Hall–Kier alpha value is -1.75. The molecule has 1 amide bonds. The second kappa shape index (κ2) is 11.0. The van der Waals surface area contributed by atoms with E-state index in [0.717, 1.165) is 16.9 Å². The number of likely N-dealkylation sites (N-methyl/N-ethyl adjacent to an activating group) is 1. The van der Waals surface area contributed by atoms with Gasteiger partial charge in [-0.1, -0.05) is 41.9 Å². The summed E-state index contributed by atoms with van der Waals surface area (Å²) in [6.07, 6.45) is 0.333. The van der Waals surface area contributed by atoms with Crippen molar-refractivity contribution in [3.05, 3.63) is 64.7 Å². The van der Waals surface area contributed by atoms with E-state index in [0.29, 0.717) is 24.6 Å². The molecule has 0 fully saturated rings. The second-order valence-corrected chi connectivity index (χ2v) is 6.11. The van der Waals surface area contributed by atoms with Crippen LogP contribution < -0.4 is 15.4 Å². The zero-order valence-electron chi connectivity index (χ0n) is 14.4. The van der Waals surface area contributed by atoms with Gasteiger partial charge in [-0.15, -0.1) is 12.4 Å². The minimum Gasteiger partial charge on any atom is -0.489 e. The number of amides is 1. The standard InChI is InChI=1S/C19H23ClN2O2.ClH/c1-14(21-2)12-22-19(23)11-15-6-5-8-17(10-15)24-13-16-7-3-4-9-18(16)20;/h3-10,14,21H,11-13H2,1-2H3,(H,22,23);1H.